The van der Waals surface area contributed by atoms with Crippen molar-refractivity contribution in [2.75, 3.05) is 22.4 Å². The molecule has 6 nitrogen and oxygen atoms in total. The Balaban J connectivity index is 1.71. The van der Waals surface area contributed by atoms with E-state index >= 15 is 0 Å². The molecule has 0 aliphatic carbocycles. The quantitative estimate of drug-likeness (QED) is 0.629. The van der Waals surface area contributed by atoms with Gasteiger partial charge in [0.2, 0.25) is 15.9 Å². The summed E-state index contributed by atoms with van der Waals surface area (Å²) in [5.41, 5.74) is 5.02. The van der Waals surface area contributed by atoms with Crippen LogP contribution in [0.1, 0.15) is 22.3 Å². The lowest BCUT2D eigenvalue weighted by Gasteiger charge is -2.25. The van der Waals surface area contributed by atoms with Crippen LogP contribution in [-0.2, 0) is 21.2 Å². The van der Waals surface area contributed by atoms with Crippen LogP contribution in [0.4, 0.5) is 11.4 Å². The first-order chi connectivity index (χ1) is 14.2. The second-order valence-corrected chi connectivity index (χ2v) is 9.19. The van der Waals surface area contributed by atoms with Gasteiger partial charge >= 0.3 is 0 Å². The van der Waals surface area contributed by atoms with Gasteiger partial charge in [0.05, 0.1) is 11.9 Å². The molecule has 30 heavy (non-hydrogen) atoms. The van der Waals surface area contributed by atoms with Crippen LogP contribution >= 0.6 is 0 Å². The van der Waals surface area contributed by atoms with Gasteiger partial charge in [-0.2, -0.15) is 0 Å². The van der Waals surface area contributed by atoms with Crippen molar-refractivity contribution in [3.63, 3.8) is 0 Å². The molecule has 0 atom stereocenters. The van der Waals surface area contributed by atoms with E-state index in [1.54, 1.807) is 12.4 Å². The van der Waals surface area contributed by atoms with Gasteiger partial charge in [-0.15, -0.1) is 0 Å². The number of carbonyl (C=O) groups is 1. The number of anilines is 2. The third-order valence-electron chi connectivity index (χ3n) is 4.77. The van der Waals surface area contributed by atoms with Crippen LogP contribution in [0.15, 0.2) is 67.0 Å². The summed E-state index contributed by atoms with van der Waals surface area (Å²) in [5, 5.41) is 2.79. The molecule has 1 heterocycles. The van der Waals surface area contributed by atoms with Crippen LogP contribution in [0.25, 0.3) is 0 Å². The van der Waals surface area contributed by atoms with Gasteiger partial charge in [-0.05, 0) is 66.8 Å². The fourth-order valence-electron chi connectivity index (χ4n) is 3.33. The number of para-hydroxylation sites is 1. The van der Waals surface area contributed by atoms with Crippen LogP contribution in [-0.4, -0.2) is 32.1 Å². The van der Waals surface area contributed by atoms with E-state index in [2.05, 4.69) is 10.3 Å². The number of aryl methyl sites for hydroxylation is 2. The molecule has 1 aromatic heterocycles. The molecule has 0 unspecified atom stereocenters. The number of hydrogen-bond acceptors (Lipinski definition) is 4. The summed E-state index contributed by atoms with van der Waals surface area (Å²) in [5.74, 6) is -0.398. The molecule has 0 saturated carbocycles. The molecule has 0 aliphatic rings. The third kappa shape index (κ3) is 5.45. The molecular formula is C23H25N3O3S. The molecule has 0 radical (unpaired) electrons. The minimum atomic E-state index is -3.62. The Kier molecular flexibility index (Phi) is 6.52. The first kappa shape index (κ1) is 21.5. The zero-order valence-electron chi connectivity index (χ0n) is 17.3. The van der Waals surface area contributed by atoms with Crippen LogP contribution in [0.3, 0.4) is 0 Å². The Labute approximate surface area is 177 Å². The largest absolute Gasteiger partial charge is 0.325 e. The summed E-state index contributed by atoms with van der Waals surface area (Å²) in [6.45, 7) is 3.38. The molecule has 2 aromatic carbocycles. The van der Waals surface area contributed by atoms with E-state index in [-0.39, 0.29) is 6.54 Å². The van der Waals surface area contributed by atoms with E-state index in [9.17, 15) is 13.2 Å². The lowest BCUT2D eigenvalue weighted by molar-refractivity contribution is -0.114. The fourth-order valence-corrected chi connectivity index (χ4v) is 4.31. The van der Waals surface area contributed by atoms with Crippen molar-refractivity contribution in [1.82, 2.24) is 4.98 Å². The molecule has 7 heteroatoms. The van der Waals surface area contributed by atoms with E-state index in [0.29, 0.717) is 11.4 Å². The van der Waals surface area contributed by atoms with Gasteiger partial charge in [-0.3, -0.25) is 14.1 Å². The highest BCUT2D eigenvalue weighted by Crippen LogP contribution is 2.26. The number of nitrogens with one attached hydrogen (secondary N) is 1. The smallest absolute Gasteiger partial charge is 0.245 e. The van der Waals surface area contributed by atoms with Crippen molar-refractivity contribution >= 4 is 27.3 Å². The lowest BCUT2D eigenvalue weighted by atomic mass is 10.1. The first-order valence-corrected chi connectivity index (χ1v) is 11.4. The van der Waals surface area contributed by atoms with Crippen LogP contribution < -0.4 is 9.62 Å². The van der Waals surface area contributed by atoms with Gasteiger partial charge in [-0.1, -0.05) is 30.3 Å². The number of nitrogens with zero attached hydrogens (tertiary/aromatic N) is 2. The topological polar surface area (TPSA) is 79.4 Å². The van der Waals surface area contributed by atoms with Gasteiger partial charge in [-0.25, -0.2) is 8.42 Å². The maximum Gasteiger partial charge on any atom is 0.245 e. The molecule has 3 rings (SSSR count). The number of hydrogen-bond donors (Lipinski definition) is 1. The maximum atomic E-state index is 12.6. The van der Waals surface area contributed by atoms with Crippen molar-refractivity contribution in [1.29, 1.82) is 0 Å². The van der Waals surface area contributed by atoms with Crippen LogP contribution in [0, 0.1) is 13.8 Å². The van der Waals surface area contributed by atoms with Crippen LogP contribution in [0.2, 0.25) is 0 Å². The lowest BCUT2D eigenvalue weighted by Crippen LogP contribution is -2.38. The highest BCUT2D eigenvalue weighted by atomic mass is 32.2. The first-order valence-electron chi connectivity index (χ1n) is 9.55. The van der Waals surface area contributed by atoms with Gasteiger partial charge in [0.15, 0.2) is 0 Å². The summed E-state index contributed by atoms with van der Waals surface area (Å²) in [6.07, 6.45) is 5.40. The maximum absolute atomic E-state index is 12.6. The number of carbonyl (C=O) groups excluding carboxylic acids is 1. The zero-order valence-corrected chi connectivity index (χ0v) is 18.1. The Hall–Kier alpha value is -3.19. The Bertz CT molecular complexity index is 1110. The number of benzene rings is 2. The van der Waals surface area contributed by atoms with Gasteiger partial charge in [0, 0.05) is 18.1 Å². The molecule has 1 amide bonds. The monoisotopic (exact) mass is 423 g/mol. The number of sulfonamides is 1. The molecule has 0 saturated heterocycles. The molecule has 0 spiro atoms. The van der Waals surface area contributed by atoms with E-state index in [4.69, 9.17) is 0 Å². The van der Waals surface area contributed by atoms with E-state index < -0.39 is 15.9 Å². The normalized spacial score (nSPS) is 11.2. The second-order valence-electron chi connectivity index (χ2n) is 7.29. The summed E-state index contributed by atoms with van der Waals surface area (Å²) in [6, 6.07) is 17.0. The summed E-state index contributed by atoms with van der Waals surface area (Å²) in [7, 11) is -3.62. The minimum Gasteiger partial charge on any atom is -0.325 e. The summed E-state index contributed by atoms with van der Waals surface area (Å²) < 4.78 is 25.9. The Morgan fingerprint density at radius 1 is 0.933 bits per heavy atom. The highest BCUT2D eigenvalue weighted by Gasteiger charge is 2.23. The molecule has 156 valence electrons. The van der Waals surface area contributed by atoms with Crippen molar-refractivity contribution in [2.24, 2.45) is 0 Å². The van der Waals surface area contributed by atoms with E-state index in [1.165, 1.54) is 0 Å². The number of aromatic nitrogens is 1. The summed E-state index contributed by atoms with van der Waals surface area (Å²) in [4.78, 5) is 16.6. The minimum absolute atomic E-state index is 0.288. The molecule has 0 fully saturated rings. The van der Waals surface area contributed by atoms with Crippen molar-refractivity contribution in [3.05, 3.63) is 89.2 Å². The number of amides is 1. The second kappa shape index (κ2) is 9.09. The van der Waals surface area contributed by atoms with Gasteiger partial charge in [0.25, 0.3) is 0 Å². The molecule has 0 aliphatic heterocycles. The molecular weight excluding hydrogens is 398 g/mol. The molecule has 1 N–H and O–H groups in total. The fraction of sp³-hybridized carbons (Fsp3) is 0.217. The van der Waals surface area contributed by atoms with Crippen molar-refractivity contribution in [3.8, 4) is 0 Å². The van der Waals surface area contributed by atoms with E-state index in [1.807, 2.05) is 68.4 Å². The summed E-state index contributed by atoms with van der Waals surface area (Å²) >= 11 is 0. The average molecular weight is 424 g/mol. The van der Waals surface area contributed by atoms with Crippen molar-refractivity contribution < 1.29 is 13.2 Å². The predicted octanol–water partition coefficient (Wildman–Crippen LogP) is 3.69. The molecule has 0 bridgehead atoms. The molecule has 3 aromatic rings. The standard InChI is InChI=1S/C23H25N3O3S/c1-17-5-4-6-18(2)23(17)26(30(3,28)29)16-22(27)25-21-9-7-19(8-10-21)15-20-11-13-24-14-12-20/h4-14H,15-16H2,1-3H3,(H,25,27). The Morgan fingerprint density at radius 3 is 2.07 bits per heavy atom. The SMILES string of the molecule is Cc1cccc(C)c1N(CC(=O)Nc1ccc(Cc2ccncc2)cc1)S(C)(=O)=O. The number of pyridine rings is 1. The Morgan fingerprint density at radius 2 is 1.50 bits per heavy atom. The van der Waals surface area contributed by atoms with E-state index in [0.717, 1.165) is 39.2 Å². The van der Waals surface area contributed by atoms with Gasteiger partial charge < -0.3 is 5.32 Å². The zero-order chi connectivity index (χ0) is 21.7. The number of rotatable bonds is 7. The van der Waals surface area contributed by atoms with Gasteiger partial charge in [0.1, 0.15) is 6.54 Å². The highest BCUT2D eigenvalue weighted by molar-refractivity contribution is 7.92. The predicted molar refractivity (Wildman–Crippen MR) is 120 cm³/mol. The van der Waals surface area contributed by atoms with Crippen molar-refractivity contribution in [2.45, 2.75) is 20.3 Å². The average Bonchev–Trinajstić information content (AvgIpc) is 2.68. The third-order valence-corrected chi connectivity index (χ3v) is 5.88. The van der Waals surface area contributed by atoms with Crippen LogP contribution in [0.5, 0.6) is 0 Å².